The molecule has 0 saturated heterocycles. The number of aliphatic hydroxyl groups excluding tert-OH is 1. The Kier molecular flexibility index (Phi) is 4.89. The lowest BCUT2D eigenvalue weighted by molar-refractivity contribution is 0.161. The summed E-state index contributed by atoms with van der Waals surface area (Å²) in [6.07, 6.45) is 5.30. The predicted molar refractivity (Wildman–Crippen MR) is 61.9 cm³/mol. The number of aryl methyl sites for hydroxylation is 2. The molecule has 0 radical (unpaired) electrons. The summed E-state index contributed by atoms with van der Waals surface area (Å²) in [5.74, 6) is 1.74. The molecule has 0 aliphatic carbocycles. The van der Waals surface area contributed by atoms with Crippen LogP contribution in [0.5, 0.6) is 0 Å². The fourth-order valence-corrected chi connectivity index (χ4v) is 1.90. The van der Waals surface area contributed by atoms with Gasteiger partial charge in [0, 0.05) is 5.56 Å². The van der Waals surface area contributed by atoms with Crippen molar-refractivity contribution in [2.75, 3.05) is 0 Å². The highest BCUT2D eigenvalue weighted by Gasteiger charge is 2.13. The zero-order valence-corrected chi connectivity index (χ0v) is 10.0. The Hall–Kier alpha value is -0.760. The highest BCUT2D eigenvalue weighted by Crippen LogP contribution is 2.25. The number of hydrogen-bond donors (Lipinski definition) is 1. The molecule has 1 rings (SSSR count). The topological polar surface area (TPSA) is 33.4 Å². The van der Waals surface area contributed by atoms with Crippen LogP contribution in [0.15, 0.2) is 10.5 Å². The molecule has 0 amide bonds. The molecule has 0 aliphatic rings. The third kappa shape index (κ3) is 3.71. The predicted octanol–water partition coefficient (Wildman–Crippen LogP) is 3.90. The summed E-state index contributed by atoms with van der Waals surface area (Å²) in [7, 11) is 0. The molecule has 15 heavy (non-hydrogen) atoms. The second kappa shape index (κ2) is 5.96. The van der Waals surface area contributed by atoms with E-state index in [0.29, 0.717) is 0 Å². The third-order valence-corrected chi connectivity index (χ3v) is 2.77. The van der Waals surface area contributed by atoms with Crippen molar-refractivity contribution in [3.05, 3.63) is 23.2 Å². The van der Waals surface area contributed by atoms with Crippen LogP contribution < -0.4 is 0 Å². The molecule has 0 aliphatic heterocycles. The van der Waals surface area contributed by atoms with E-state index in [4.69, 9.17) is 4.42 Å². The van der Waals surface area contributed by atoms with Gasteiger partial charge in [-0.15, -0.1) is 0 Å². The van der Waals surface area contributed by atoms with Gasteiger partial charge < -0.3 is 9.52 Å². The van der Waals surface area contributed by atoms with E-state index >= 15 is 0 Å². The number of furan rings is 1. The standard InChI is InChI=1S/C13H22O2/c1-4-5-6-7-8-13(14)12-9-10(2)15-11(12)3/h9,13-14H,4-8H2,1-3H3. The average Bonchev–Trinajstić information content (AvgIpc) is 2.52. The van der Waals surface area contributed by atoms with E-state index in [2.05, 4.69) is 6.92 Å². The van der Waals surface area contributed by atoms with E-state index in [-0.39, 0.29) is 6.10 Å². The monoisotopic (exact) mass is 210 g/mol. The number of unbranched alkanes of at least 4 members (excludes halogenated alkanes) is 3. The summed E-state index contributed by atoms with van der Waals surface area (Å²) in [4.78, 5) is 0. The summed E-state index contributed by atoms with van der Waals surface area (Å²) < 4.78 is 5.40. The molecule has 2 heteroatoms. The lowest BCUT2D eigenvalue weighted by Crippen LogP contribution is -1.97. The Morgan fingerprint density at radius 3 is 2.53 bits per heavy atom. The van der Waals surface area contributed by atoms with Crippen molar-refractivity contribution in [3.8, 4) is 0 Å². The molecule has 2 nitrogen and oxygen atoms in total. The maximum atomic E-state index is 9.95. The van der Waals surface area contributed by atoms with E-state index < -0.39 is 0 Å². The second-order valence-electron chi connectivity index (χ2n) is 4.23. The van der Waals surface area contributed by atoms with Crippen LogP contribution in [0.25, 0.3) is 0 Å². The molecule has 1 unspecified atom stereocenters. The van der Waals surface area contributed by atoms with Gasteiger partial charge >= 0.3 is 0 Å². The van der Waals surface area contributed by atoms with Crippen molar-refractivity contribution in [1.29, 1.82) is 0 Å². The van der Waals surface area contributed by atoms with Gasteiger partial charge in [-0.05, 0) is 26.3 Å². The average molecular weight is 210 g/mol. The maximum absolute atomic E-state index is 9.95. The Morgan fingerprint density at radius 1 is 1.27 bits per heavy atom. The van der Waals surface area contributed by atoms with Crippen LogP contribution in [0.4, 0.5) is 0 Å². The molecule has 0 fully saturated rings. The lowest BCUT2D eigenvalue weighted by Gasteiger charge is -2.08. The normalized spacial score (nSPS) is 13.1. The Bertz CT molecular complexity index is 289. The molecule has 86 valence electrons. The minimum absolute atomic E-state index is 0.348. The van der Waals surface area contributed by atoms with E-state index in [1.807, 2.05) is 19.9 Å². The van der Waals surface area contributed by atoms with Gasteiger partial charge in [0.05, 0.1) is 6.10 Å². The first-order valence-corrected chi connectivity index (χ1v) is 5.90. The number of hydrogen-bond acceptors (Lipinski definition) is 2. The van der Waals surface area contributed by atoms with Crippen molar-refractivity contribution in [2.45, 2.75) is 59.0 Å². The quantitative estimate of drug-likeness (QED) is 0.722. The lowest BCUT2D eigenvalue weighted by atomic mass is 10.0. The first kappa shape index (κ1) is 12.3. The van der Waals surface area contributed by atoms with Crippen molar-refractivity contribution in [3.63, 3.8) is 0 Å². The van der Waals surface area contributed by atoms with Gasteiger partial charge in [-0.1, -0.05) is 32.6 Å². The van der Waals surface area contributed by atoms with Crippen LogP contribution in [0, 0.1) is 13.8 Å². The third-order valence-electron chi connectivity index (χ3n) is 2.77. The van der Waals surface area contributed by atoms with Crippen molar-refractivity contribution in [2.24, 2.45) is 0 Å². The van der Waals surface area contributed by atoms with Crippen LogP contribution in [0.3, 0.4) is 0 Å². The fraction of sp³-hybridized carbons (Fsp3) is 0.692. The molecule has 1 atom stereocenters. The highest BCUT2D eigenvalue weighted by molar-refractivity contribution is 5.22. The van der Waals surface area contributed by atoms with E-state index in [9.17, 15) is 5.11 Å². The Balaban J connectivity index is 2.39. The number of aliphatic hydroxyl groups is 1. The van der Waals surface area contributed by atoms with Gasteiger partial charge in [0.1, 0.15) is 11.5 Å². The van der Waals surface area contributed by atoms with Crippen LogP contribution in [0.1, 0.15) is 62.2 Å². The van der Waals surface area contributed by atoms with Crippen LogP contribution in [-0.4, -0.2) is 5.11 Å². The summed E-state index contributed by atoms with van der Waals surface area (Å²) >= 11 is 0. The van der Waals surface area contributed by atoms with Gasteiger partial charge in [0.2, 0.25) is 0 Å². The SMILES string of the molecule is CCCCCCC(O)c1cc(C)oc1C. The largest absolute Gasteiger partial charge is 0.466 e. The van der Waals surface area contributed by atoms with Crippen LogP contribution in [-0.2, 0) is 0 Å². The van der Waals surface area contributed by atoms with Crippen LogP contribution in [0.2, 0.25) is 0 Å². The second-order valence-corrected chi connectivity index (χ2v) is 4.23. The van der Waals surface area contributed by atoms with Gasteiger partial charge in [-0.3, -0.25) is 0 Å². The first-order chi connectivity index (χ1) is 7.15. The molecule has 0 saturated carbocycles. The minimum atomic E-state index is -0.348. The molecule has 0 spiro atoms. The molecule has 1 N–H and O–H groups in total. The van der Waals surface area contributed by atoms with Crippen molar-refractivity contribution >= 4 is 0 Å². The summed E-state index contributed by atoms with van der Waals surface area (Å²) in [6, 6.07) is 1.94. The summed E-state index contributed by atoms with van der Waals surface area (Å²) in [6.45, 7) is 6.03. The smallest absolute Gasteiger partial charge is 0.106 e. The molecule has 0 aromatic carbocycles. The van der Waals surface area contributed by atoms with Crippen LogP contribution >= 0.6 is 0 Å². The highest BCUT2D eigenvalue weighted by atomic mass is 16.3. The fourth-order valence-electron chi connectivity index (χ4n) is 1.90. The van der Waals surface area contributed by atoms with E-state index in [1.165, 1.54) is 19.3 Å². The molecule has 0 bridgehead atoms. The van der Waals surface area contributed by atoms with Gasteiger partial charge in [0.15, 0.2) is 0 Å². The maximum Gasteiger partial charge on any atom is 0.106 e. The summed E-state index contributed by atoms with van der Waals surface area (Å²) in [5, 5.41) is 9.95. The molecule has 1 aromatic heterocycles. The minimum Gasteiger partial charge on any atom is -0.466 e. The molecule has 1 heterocycles. The van der Waals surface area contributed by atoms with Crippen molar-refractivity contribution in [1.82, 2.24) is 0 Å². The summed E-state index contributed by atoms with van der Waals surface area (Å²) in [5.41, 5.74) is 0.962. The van der Waals surface area contributed by atoms with E-state index in [0.717, 1.165) is 29.9 Å². The Labute approximate surface area is 92.3 Å². The zero-order chi connectivity index (χ0) is 11.3. The molecular weight excluding hydrogens is 188 g/mol. The Morgan fingerprint density at radius 2 is 2.00 bits per heavy atom. The zero-order valence-electron chi connectivity index (χ0n) is 10.0. The van der Waals surface area contributed by atoms with E-state index in [1.54, 1.807) is 0 Å². The van der Waals surface area contributed by atoms with Gasteiger partial charge in [-0.25, -0.2) is 0 Å². The first-order valence-electron chi connectivity index (χ1n) is 5.90. The molecular formula is C13H22O2. The van der Waals surface area contributed by atoms with Gasteiger partial charge in [-0.2, -0.15) is 0 Å². The van der Waals surface area contributed by atoms with Gasteiger partial charge in [0.25, 0.3) is 0 Å². The van der Waals surface area contributed by atoms with Crippen molar-refractivity contribution < 1.29 is 9.52 Å². The molecule has 1 aromatic rings. The number of rotatable bonds is 6.